The topological polar surface area (TPSA) is 65.4 Å². The highest BCUT2D eigenvalue weighted by molar-refractivity contribution is 5.74. The summed E-state index contributed by atoms with van der Waals surface area (Å²) in [6.07, 6.45) is 0.706. The summed E-state index contributed by atoms with van der Waals surface area (Å²) in [5.74, 6) is 0.830. The highest BCUT2D eigenvalue weighted by Gasteiger charge is 2.17. The van der Waals surface area contributed by atoms with Crippen molar-refractivity contribution in [1.82, 2.24) is 10.2 Å². The Bertz CT molecular complexity index is 768. The zero-order chi connectivity index (χ0) is 18.2. The first-order chi connectivity index (χ1) is 12.0. The van der Waals surface area contributed by atoms with Gasteiger partial charge in [0, 0.05) is 19.6 Å². The van der Waals surface area contributed by atoms with Gasteiger partial charge in [0.05, 0.1) is 18.7 Å². The molecule has 1 N–H and O–H groups in total. The molecule has 2 aromatic rings. The van der Waals surface area contributed by atoms with E-state index < -0.39 is 0 Å². The molecule has 0 spiro atoms. The zero-order valence-electron chi connectivity index (χ0n) is 14.8. The van der Waals surface area contributed by atoms with Crippen LogP contribution in [0, 0.1) is 11.3 Å². The van der Waals surface area contributed by atoms with Gasteiger partial charge in [0.1, 0.15) is 5.75 Å². The molecular formula is C20H23N3O2. The van der Waals surface area contributed by atoms with Gasteiger partial charge in [-0.25, -0.2) is 4.79 Å². The largest absolute Gasteiger partial charge is 0.496 e. The van der Waals surface area contributed by atoms with Crippen molar-refractivity contribution in [2.24, 2.45) is 0 Å². The number of para-hydroxylation sites is 1. The highest BCUT2D eigenvalue weighted by Crippen LogP contribution is 2.20. The fraction of sp³-hybridized carbons (Fsp3) is 0.300. The SMILES string of the molecule is COc1ccccc1CC(C)N(C)C(=O)NCc1cccc(C#N)c1. The Kier molecular flexibility index (Phi) is 6.41. The van der Waals surface area contributed by atoms with E-state index in [2.05, 4.69) is 11.4 Å². The molecule has 5 nitrogen and oxygen atoms in total. The van der Waals surface area contributed by atoms with Crippen molar-refractivity contribution in [3.8, 4) is 11.8 Å². The lowest BCUT2D eigenvalue weighted by Gasteiger charge is -2.26. The van der Waals surface area contributed by atoms with Crippen molar-refractivity contribution in [1.29, 1.82) is 5.26 Å². The number of likely N-dealkylation sites (N-methyl/N-ethyl adjacent to an activating group) is 1. The molecule has 0 aromatic heterocycles. The minimum absolute atomic E-state index is 0.0155. The maximum absolute atomic E-state index is 12.4. The van der Waals surface area contributed by atoms with Crippen LogP contribution >= 0.6 is 0 Å². The molecule has 5 heteroatoms. The molecule has 0 heterocycles. The minimum Gasteiger partial charge on any atom is -0.496 e. The lowest BCUT2D eigenvalue weighted by Crippen LogP contribution is -2.43. The number of carbonyl (C=O) groups excluding carboxylic acids is 1. The summed E-state index contributed by atoms with van der Waals surface area (Å²) in [6, 6.07) is 17.0. The summed E-state index contributed by atoms with van der Waals surface area (Å²) in [5, 5.41) is 11.8. The van der Waals surface area contributed by atoms with Crippen molar-refractivity contribution in [2.45, 2.75) is 25.9 Å². The lowest BCUT2D eigenvalue weighted by atomic mass is 10.1. The van der Waals surface area contributed by atoms with E-state index in [0.717, 1.165) is 16.9 Å². The van der Waals surface area contributed by atoms with E-state index in [1.54, 1.807) is 31.2 Å². The average molecular weight is 337 g/mol. The number of benzene rings is 2. The van der Waals surface area contributed by atoms with Crippen LogP contribution in [0.25, 0.3) is 0 Å². The molecule has 0 saturated heterocycles. The molecule has 0 saturated carbocycles. The summed E-state index contributed by atoms with van der Waals surface area (Å²) in [7, 11) is 3.43. The van der Waals surface area contributed by atoms with Crippen LogP contribution in [-0.2, 0) is 13.0 Å². The molecule has 0 bridgehead atoms. The summed E-state index contributed by atoms with van der Waals surface area (Å²) >= 11 is 0. The van der Waals surface area contributed by atoms with Crippen molar-refractivity contribution in [3.63, 3.8) is 0 Å². The monoisotopic (exact) mass is 337 g/mol. The summed E-state index contributed by atoms with van der Waals surface area (Å²) in [5.41, 5.74) is 2.56. The van der Waals surface area contributed by atoms with Gasteiger partial charge >= 0.3 is 6.03 Å². The van der Waals surface area contributed by atoms with E-state index in [1.807, 2.05) is 43.3 Å². The third-order valence-electron chi connectivity index (χ3n) is 4.19. The van der Waals surface area contributed by atoms with Gasteiger partial charge in [-0.2, -0.15) is 5.26 Å². The van der Waals surface area contributed by atoms with E-state index in [-0.39, 0.29) is 12.1 Å². The van der Waals surface area contributed by atoms with Crippen LogP contribution in [0.5, 0.6) is 5.75 Å². The molecule has 0 aliphatic rings. The van der Waals surface area contributed by atoms with Gasteiger partial charge in [0.2, 0.25) is 0 Å². The van der Waals surface area contributed by atoms with E-state index >= 15 is 0 Å². The van der Waals surface area contributed by atoms with Gasteiger partial charge in [-0.05, 0) is 42.7 Å². The Morgan fingerprint density at radius 2 is 2.04 bits per heavy atom. The Balaban J connectivity index is 1.93. The van der Waals surface area contributed by atoms with Crippen LogP contribution in [0.1, 0.15) is 23.6 Å². The molecule has 2 rings (SSSR count). The molecule has 0 radical (unpaired) electrons. The molecule has 0 aliphatic heterocycles. The molecular weight excluding hydrogens is 314 g/mol. The Hall–Kier alpha value is -3.00. The van der Waals surface area contributed by atoms with Crippen LogP contribution in [-0.4, -0.2) is 31.1 Å². The van der Waals surface area contributed by atoms with Crippen LogP contribution < -0.4 is 10.1 Å². The van der Waals surface area contributed by atoms with Crippen LogP contribution in [0.4, 0.5) is 4.79 Å². The zero-order valence-corrected chi connectivity index (χ0v) is 14.8. The van der Waals surface area contributed by atoms with Gasteiger partial charge < -0.3 is 15.0 Å². The molecule has 0 aliphatic carbocycles. The maximum atomic E-state index is 12.4. The molecule has 1 atom stereocenters. The first-order valence-electron chi connectivity index (χ1n) is 8.16. The van der Waals surface area contributed by atoms with Gasteiger partial charge in [0.25, 0.3) is 0 Å². The Labute approximate surface area is 148 Å². The second-order valence-electron chi connectivity index (χ2n) is 5.95. The number of methoxy groups -OCH3 is 1. The number of nitrogens with one attached hydrogen (secondary N) is 1. The van der Waals surface area contributed by atoms with Crippen LogP contribution in [0.15, 0.2) is 48.5 Å². The van der Waals surface area contributed by atoms with Crippen molar-refractivity contribution in [2.75, 3.05) is 14.2 Å². The number of nitrogens with zero attached hydrogens (tertiary/aromatic N) is 2. The molecule has 130 valence electrons. The van der Waals surface area contributed by atoms with Gasteiger partial charge in [-0.1, -0.05) is 30.3 Å². The van der Waals surface area contributed by atoms with Gasteiger partial charge in [0.15, 0.2) is 0 Å². The first-order valence-corrected chi connectivity index (χ1v) is 8.16. The predicted octanol–water partition coefficient (Wildman–Crippen LogP) is 3.34. The number of rotatable bonds is 6. The molecule has 2 amide bonds. The van der Waals surface area contributed by atoms with Gasteiger partial charge in [-0.15, -0.1) is 0 Å². The van der Waals surface area contributed by atoms with Crippen molar-refractivity contribution in [3.05, 3.63) is 65.2 Å². The molecule has 0 fully saturated rings. The van der Waals surface area contributed by atoms with E-state index in [0.29, 0.717) is 18.5 Å². The number of ether oxygens (including phenoxy) is 1. The normalized spacial score (nSPS) is 11.3. The second kappa shape index (κ2) is 8.74. The lowest BCUT2D eigenvalue weighted by molar-refractivity contribution is 0.193. The average Bonchev–Trinajstić information content (AvgIpc) is 2.66. The van der Waals surface area contributed by atoms with E-state index in [1.165, 1.54) is 0 Å². The summed E-state index contributed by atoms with van der Waals surface area (Å²) in [4.78, 5) is 14.1. The third kappa shape index (κ3) is 4.98. The number of hydrogen-bond donors (Lipinski definition) is 1. The van der Waals surface area contributed by atoms with Crippen LogP contribution in [0.3, 0.4) is 0 Å². The second-order valence-corrected chi connectivity index (χ2v) is 5.95. The van der Waals surface area contributed by atoms with Crippen molar-refractivity contribution < 1.29 is 9.53 Å². The molecule has 1 unspecified atom stereocenters. The number of carbonyl (C=O) groups is 1. The predicted molar refractivity (Wildman–Crippen MR) is 97.3 cm³/mol. The summed E-state index contributed by atoms with van der Waals surface area (Å²) in [6.45, 7) is 2.39. The number of amides is 2. The third-order valence-corrected chi connectivity index (χ3v) is 4.19. The van der Waals surface area contributed by atoms with Gasteiger partial charge in [-0.3, -0.25) is 0 Å². The van der Waals surface area contributed by atoms with Crippen molar-refractivity contribution >= 4 is 6.03 Å². The molecule has 2 aromatic carbocycles. The number of hydrogen-bond acceptors (Lipinski definition) is 3. The standard InChI is InChI=1S/C20H23N3O2/c1-15(11-18-9-4-5-10-19(18)25-3)23(2)20(24)22-14-17-8-6-7-16(12-17)13-21/h4-10,12,15H,11,14H2,1-3H3,(H,22,24). The maximum Gasteiger partial charge on any atom is 0.317 e. The highest BCUT2D eigenvalue weighted by atomic mass is 16.5. The fourth-order valence-corrected chi connectivity index (χ4v) is 2.58. The quantitative estimate of drug-likeness (QED) is 0.879. The fourth-order valence-electron chi connectivity index (χ4n) is 2.58. The molecule has 25 heavy (non-hydrogen) atoms. The number of urea groups is 1. The minimum atomic E-state index is -0.148. The smallest absolute Gasteiger partial charge is 0.317 e. The Morgan fingerprint density at radius 1 is 1.28 bits per heavy atom. The van der Waals surface area contributed by atoms with E-state index in [4.69, 9.17) is 10.00 Å². The number of nitriles is 1. The first kappa shape index (κ1) is 18.3. The van der Waals surface area contributed by atoms with Crippen LogP contribution in [0.2, 0.25) is 0 Å². The summed E-state index contributed by atoms with van der Waals surface area (Å²) < 4.78 is 5.37. The Morgan fingerprint density at radius 3 is 2.76 bits per heavy atom. The van der Waals surface area contributed by atoms with E-state index in [9.17, 15) is 4.79 Å².